The van der Waals surface area contributed by atoms with Crippen LogP contribution in [0.3, 0.4) is 0 Å². The molecule has 0 aliphatic carbocycles. The van der Waals surface area contributed by atoms with Gasteiger partial charge < -0.3 is 19.5 Å². The fourth-order valence-corrected chi connectivity index (χ4v) is 4.16. The highest BCUT2D eigenvalue weighted by Gasteiger charge is 2.30. The molecule has 170 valence electrons. The minimum Gasteiger partial charge on any atom is -0.465 e. The molecule has 2 heterocycles. The maximum atomic E-state index is 13.5. The number of hydrogen-bond donors (Lipinski definition) is 2. The Morgan fingerprint density at radius 3 is 2.69 bits per heavy atom. The van der Waals surface area contributed by atoms with E-state index < -0.39 is 16.8 Å². The van der Waals surface area contributed by atoms with E-state index in [-0.39, 0.29) is 23.8 Å². The van der Waals surface area contributed by atoms with E-state index in [4.69, 9.17) is 14.6 Å². The Bertz CT molecular complexity index is 994. The molecule has 2 aromatic rings. The van der Waals surface area contributed by atoms with Crippen LogP contribution in [0.4, 0.5) is 26.2 Å². The van der Waals surface area contributed by atoms with Crippen LogP contribution in [0.1, 0.15) is 25.7 Å². The minimum absolute atomic E-state index is 0.0785. The molecule has 0 aromatic heterocycles. The molecule has 0 bridgehead atoms. The van der Waals surface area contributed by atoms with Gasteiger partial charge in [-0.05, 0) is 49.4 Å². The van der Waals surface area contributed by atoms with Crippen LogP contribution in [0.5, 0.6) is 0 Å². The van der Waals surface area contributed by atoms with Crippen molar-refractivity contribution in [1.29, 1.82) is 0 Å². The van der Waals surface area contributed by atoms with Gasteiger partial charge in [-0.15, -0.1) is 0 Å². The van der Waals surface area contributed by atoms with E-state index in [1.54, 1.807) is 12.1 Å². The van der Waals surface area contributed by atoms with Crippen molar-refractivity contribution in [3.63, 3.8) is 0 Å². The van der Waals surface area contributed by atoms with E-state index in [2.05, 4.69) is 5.32 Å². The van der Waals surface area contributed by atoms with Crippen molar-refractivity contribution in [3.8, 4) is 11.1 Å². The Hall–Kier alpha value is -3.24. The zero-order valence-corrected chi connectivity index (χ0v) is 17.3. The van der Waals surface area contributed by atoms with Crippen LogP contribution in [-0.4, -0.2) is 48.2 Å². The molecule has 2 fully saturated rings. The van der Waals surface area contributed by atoms with Gasteiger partial charge >= 0.3 is 6.09 Å². The standard InChI is InChI=1S/C22H24FN3O6/c23-15-6-4-14(5-7-15)17-11-20(26(29)30)18(24-22(27)28)12-19(17)25-9-8-16(13-25)32-21-3-1-2-10-31-21/h4-7,11-12,16,21,24H,1-3,8-10,13H2,(H,27,28)/t16-,21?/m1/s1. The SMILES string of the molecule is O=C(O)Nc1cc(N2CC[C@@H](OC3CCCCO3)C2)c(-c2ccc(F)cc2)cc1[N+](=O)[O-]. The predicted octanol–water partition coefficient (Wildman–Crippen LogP) is 4.61. The Labute approximate surface area is 183 Å². The molecule has 1 amide bonds. The Kier molecular flexibility index (Phi) is 6.52. The lowest BCUT2D eigenvalue weighted by Gasteiger charge is -2.27. The highest BCUT2D eigenvalue weighted by molar-refractivity contribution is 5.92. The summed E-state index contributed by atoms with van der Waals surface area (Å²) >= 11 is 0. The van der Waals surface area contributed by atoms with Crippen molar-refractivity contribution in [1.82, 2.24) is 0 Å². The van der Waals surface area contributed by atoms with Crippen LogP contribution >= 0.6 is 0 Å². The maximum absolute atomic E-state index is 13.5. The van der Waals surface area contributed by atoms with Gasteiger partial charge in [0.15, 0.2) is 6.29 Å². The van der Waals surface area contributed by atoms with Gasteiger partial charge in [0, 0.05) is 37.0 Å². The van der Waals surface area contributed by atoms with Gasteiger partial charge in [-0.25, -0.2) is 9.18 Å². The van der Waals surface area contributed by atoms with Crippen molar-refractivity contribution in [2.24, 2.45) is 0 Å². The second-order valence-corrected chi connectivity index (χ2v) is 7.87. The van der Waals surface area contributed by atoms with Gasteiger partial charge in [0.25, 0.3) is 5.69 Å². The first kappa shape index (κ1) is 22.0. The molecule has 0 radical (unpaired) electrons. The van der Waals surface area contributed by atoms with Gasteiger partial charge in [-0.2, -0.15) is 0 Å². The van der Waals surface area contributed by atoms with E-state index in [0.29, 0.717) is 36.5 Å². The summed E-state index contributed by atoms with van der Waals surface area (Å²) in [6, 6.07) is 8.44. The summed E-state index contributed by atoms with van der Waals surface area (Å²) in [5.74, 6) is -0.420. The first-order chi connectivity index (χ1) is 15.4. The lowest BCUT2D eigenvalue weighted by Crippen LogP contribution is -2.30. The van der Waals surface area contributed by atoms with Gasteiger partial charge in [0.05, 0.1) is 11.0 Å². The first-order valence-electron chi connectivity index (χ1n) is 10.5. The van der Waals surface area contributed by atoms with Crippen LogP contribution in [-0.2, 0) is 9.47 Å². The lowest BCUT2D eigenvalue weighted by atomic mass is 10.0. The lowest BCUT2D eigenvalue weighted by molar-refractivity contribution is -0.383. The number of amides is 1. The largest absolute Gasteiger partial charge is 0.465 e. The molecule has 2 aromatic carbocycles. The number of hydrogen-bond acceptors (Lipinski definition) is 6. The smallest absolute Gasteiger partial charge is 0.409 e. The molecule has 2 aliphatic rings. The maximum Gasteiger partial charge on any atom is 0.409 e. The Morgan fingerprint density at radius 1 is 1.25 bits per heavy atom. The number of rotatable bonds is 6. The summed E-state index contributed by atoms with van der Waals surface area (Å²) in [5.41, 5.74) is 1.22. The summed E-state index contributed by atoms with van der Waals surface area (Å²) in [6.07, 6.45) is 1.97. The first-order valence-corrected chi connectivity index (χ1v) is 10.5. The molecule has 1 unspecified atom stereocenters. The summed E-state index contributed by atoms with van der Waals surface area (Å²) < 4.78 is 25.2. The van der Waals surface area contributed by atoms with E-state index in [1.165, 1.54) is 24.3 Å². The van der Waals surface area contributed by atoms with Gasteiger partial charge in [-0.3, -0.25) is 15.4 Å². The van der Waals surface area contributed by atoms with Crippen molar-refractivity contribution >= 4 is 23.2 Å². The highest BCUT2D eigenvalue weighted by atomic mass is 19.1. The van der Waals surface area contributed by atoms with E-state index in [0.717, 1.165) is 25.7 Å². The molecule has 10 heteroatoms. The molecule has 2 aliphatic heterocycles. The summed E-state index contributed by atoms with van der Waals surface area (Å²) in [6.45, 7) is 1.83. The van der Waals surface area contributed by atoms with Crippen molar-refractivity contribution in [2.75, 3.05) is 29.9 Å². The average molecular weight is 445 g/mol. The van der Waals surface area contributed by atoms with Crippen LogP contribution < -0.4 is 10.2 Å². The second-order valence-electron chi connectivity index (χ2n) is 7.87. The fourth-order valence-electron chi connectivity index (χ4n) is 4.16. The highest BCUT2D eigenvalue weighted by Crippen LogP contribution is 2.41. The van der Waals surface area contributed by atoms with Gasteiger partial charge in [-0.1, -0.05) is 12.1 Å². The molecule has 9 nitrogen and oxygen atoms in total. The topological polar surface area (TPSA) is 114 Å². The quantitative estimate of drug-likeness (QED) is 0.493. The number of halogens is 1. The number of ether oxygens (including phenoxy) is 2. The van der Waals surface area contributed by atoms with Gasteiger partial charge in [0.2, 0.25) is 0 Å². The number of carbonyl (C=O) groups is 1. The van der Waals surface area contributed by atoms with Gasteiger partial charge in [0.1, 0.15) is 11.5 Å². The molecule has 2 saturated heterocycles. The molecule has 0 spiro atoms. The summed E-state index contributed by atoms with van der Waals surface area (Å²) in [4.78, 5) is 24.2. The Morgan fingerprint density at radius 2 is 2.03 bits per heavy atom. The molecular weight excluding hydrogens is 421 g/mol. The second kappa shape index (κ2) is 9.49. The summed E-state index contributed by atoms with van der Waals surface area (Å²) in [5, 5.41) is 22.9. The average Bonchev–Trinajstić information content (AvgIpc) is 3.22. The number of benzene rings is 2. The van der Waals surface area contributed by atoms with Crippen molar-refractivity contribution in [2.45, 2.75) is 38.1 Å². The van der Waals surface area contributed by atoms with Crippen LogP contribution in [0.2, 0.25) is 0 Å². The van der Waals surface area contributed by atoms with E-state index in [9.17, 15) is 19.3 Å². The van der Waals surface area contributed by atoms with Crippen LogP contribution in [0.25, 0.3) is 11.1 Å². The number of carboxylic acid groups (broad SMARTS) is 1. The zero-order valence-electron chi connectivity index (χ0n) is 17.3. The number of nitro groups is 1. The summed E-state index contributed by atoms with van der Waals surface area (Å²) in [7, 11) is 0. The van der Waals surface area contributed by atoms with Crippen molar-refractivity contribution < 1.29 is 28.7 Å². The molecule has 4 rings (SSSR count). The molecule has 0 saturated carbocycles. The third-order valence-electron chi connectivity index (χ3n) is 5.68. The predicted molar refractivity (Wildman–Crippen MR) is 115 cm³/mol. The molecular formula is C22H24FN3O6. The number of nitrogens with zero attached hydrogens (tertiary/aromatic N) is 2. The molecule has 2 atom stereocenters. The zero-order chi connectivity index (χ0) is 22.7. The van der Waals surface area contributed by atoms with E-state index >= 15 is 0 Å². The van der Waals surface area contributed by atoms with Crippen LogP contribution in [0, 0.1) is 15.9 Å². The van der Waals surface area contributed by atoms with Crippen molar-refractivity contribution in [3.05, 3.63) is 52.3 Å². The monoisotopic (exact) mass is 445 g/mol. The molecule has 32 heavy (non-hydrogen) atoms. The third kappa shape index (κ3) is 4.97. The number of anilines is 2. The normalized spacial score (nSPS) is 20.8. The fraction of sp³-hybridized carbons (Fsp3) is 0.409. The number of nitro benzene ring substituents is 1. The third-order valence-corrected chi connectivity index (χ3v) is 5.68. The van der Waals surface area contributed by atoms with E-state index in [1.807, 2.05) is 4.90 Å². The Balaban J connectivity index is 1.67. The number of nitrogens with one attached hydrogen (secondary N) is 1. The minimum atomic E-state index is -1.40. The molecule has 2 N–H and O–H groups in total. The van der Waals surface area contributed by atoms with Crippen LogP contribution in [0.15, 0.2) is 36.4 Å².